The lowest BCUT2D eigenvalue weighted by atomic mass is 9.94. The molecule has 4 N–H and O–H groups in total. The van der Waals surface area contributed by atoms with Gasteiger partial charge in [-0.1, -0.05) is 0 Å². The molecule has 1 atom stereocenters. The van der Waals surface area contributed by atoms with Crippen LogP contribution in [0.1, 0.15) is 26.7 Å². The van der Waals surface area contributed by atoms with Gasteiger partial charge in [-0.05, 0) is 26.7 Å². The molecule has 0 spiro atoms. The monoisotopic (exact) mass is 171 g/mol. The van der Waals surface area contributed by atoms with Crippen molar-refractivity contribution in [3.05, 3.63) is 0 Å². The van der Waals surface area contributed by atoms with Crippen LogP contribution in [-0.4, -0.2) is 24.2 Å². The van der Waals surface area contributed by atoms with Gasteiger partial charge in [0.1, 0.15) is 0 Å². The molecule has 1 aliphatic heterocycles. The van der Waals surface area contributed by atoms with Gasteiger partial charge in [0.25, 0.3) is 0 Å². The summed E-state index contributed by atoms with van der Waals surface area (Å²) in [4.78, 5) is 4.12. The molecule has 4 nitrogen and oxygen atoms in total. The fourth-order valence-electron chi connectivity index (χ4n) is 1.52. The van der Waals surface area contributed by atoms with E-state index in [-0.39, 0.29) is 17.6 Å². The normalized spacial score (nSPS) is 28.0. The molecule has 0 aliphatic carbocycles. The van der Waals surface area contributed by atoms with Crippen molar-refractivity contribution in [2.75, 3.05) is 6.61 Å². The minimum Gasteiger partial charge on any atom is -0.375 e. The van der Waals surface area contributed by atoms with Crippen molar-refractivity contribution >= 4 is 5.96 Å². The summed E-state index contributed by atoms with van der Waals surface area (Å²) in [5.41, 5.74) is 10.5. The number of guanidine groups is 1. The highest BCUT2D eigenvalue weighted by Gasteiger charge is 2.28. The van der Waals surface area contributed by atoms with Crippen LogP contribution in [0, 0.1) is 0 Å². The van der Waals surface area contributed by atoms with Gasteiger partial charge < -0.3 is 16.2 Å². The third-order valence-corrected chi connectivity index (χ3v) is 2.00. The molecule has 0 saturated carbocycles. The molecule has 1 rings (SSSR count). The minimum absolute atomic E-state index is 0.0815. The Hall–Kier alpha value is -0.770. The lowest BCUT2D eigenvalue weighted by Gasteiger charge is -2.33. The van der Waals surface area contributed by atoms with Gasteiger partial charge in [0.05, 0.1) is 11.6 Å². The average molecular weight is 171 g/mol. The summed E-state index contributed by atoms with van der Waals surface area (Å²) in [5, 5.41) is 0. The van der Waals surface area contributed by atoms with Crippen LogP contribution in [0.25, 0.3) is 0 Å². The molecule has 1 fully saturated rings. The zero-order valence-corrected chi connectivity index (χ0v) is 7.71. The molecule has 0 amide bonds. The molecule has 0 aromatic rings. The fourth-order valence-corrected chi connectivity index (χ4v) is 1.52. The summed E-state index contributed by atoms with van der Waals surface area (Å²) in [6, 6.07) is 0.235. The molecule has 0 aromatic heterocycles. The first-order valence-electron chi connectivity index (χ1n) is 4.22. The van der Waals surface area contributed by atoms with E-state index in [1.54, 1.807) is 0 Å². The molecular formula is C8H17N3O. The van der Waals surface area contributed by atoms with Gasteiger partial charge in [-0.25, -0.2) is 0 Å². The van der Waals surface area contributed by atoms with Crippen molar-refractivity contribution in [1.82, 2.24) is 0 Å². The lowest BCUT2D eigenvalue weighted by molar-refractivity contribution is -0.0575. The Morgan fingerprint density at radius 1 is 1.50 bits per heavy atom. The predicted octanol–water partition coefficient (Wildman–Crippen LogP) is 0.217. The first-order valence-corrected chi connectivity index (χ1v) is 4.22. The Morgan fingerprint density at radius 2 is 2.17 bits per heavy atom. The Kier molecular flexibility index (Phi) is 2.57. The van der Waals surface area contributed by atoms with E-state index in [0.29, 0.717) is 0 Å². The number of aliphatic imine (C=N–C) groups is 1. The smallest absolute Gasteiger partial charge is 0.186 e. The van der Waals surface area contributed by atoms with E-state index in [9.17, 15) is 0 Å². The van der Waals surface area contributed by atoms with Crippen LogP contribution in [0.5, 0.6) is 0 Å². The predicted molar refractivity (Wildman–Crippen MR) is 48.9 cm³/mol. The van der Waals surface area contributed by atoms with Gasteiger partial charge in [0.15, 0.2) is 5.96 Å². The second-order valence-electron chi connectivity index (χ2n) is 3.81. The van der Waals surface area contributed by atoms with E-state index >= 15 is 0 Å². The van der Waals surface area contributed by atoms with E-state index in [0.717, 1.165) is 19.4 Å². The summed E-state index contributed by atoms with van der Waals surface area (Å²) < 4.78 is 5.53. The van der Waals surface area contributed by atoms with Crippen molar-refractivity contribution in [3.8, 4) is 0 Å². The van der Waals surface area contributed by atoms with E-state index in [1.165, 1.54) is 0 Å². The lowest BCUT2D eigenvalue weighted by Crippen LogP contribution is -2.37. The second kappa shape index (κ2) is 3.31. The molecule has 1 unspecified atom stereocenters. The van der Waals surface area contributed by atoms with Gasteiger partial charge >= 0.3 is 0 Å². The average Bonchev–Trinajstić information content (AvgIpc) is 1.82. The van der Waals surface area contributed by atoms with Crippen molar-refractivity contribution in [2.45, 2.75) is 38.3 Å². The maximum atomic E-state index is 5.53. The Labute approximate surface area is 73.0 Å². The summed E-state index contributed by atoms with van der Waals surface area (Å²) in [7, 11) is 0. The first-order chi connectivity index (χ1) is 5.49. The van der Waals surface area contributed by atoms with Crippen LogP contribution in [-0.2, 0) is 4.74 Å². The van der Waals surface area contributed by atoms with E-state index in [4.69, 9.17) is 16.2 Å². The largest absolute Gasteiger partial charge is 0.375 e. The van der Waals surface area contributed by atoms with Crippen molar-refractivity contribution in [1.29, 1.82) is 0 Å². The molecule has 70 valence electrons. The first kappa shape index (κ1) is 9.32. The van der Waals surface area contributed by atoms with Crippen molar-refractivity contribution in [3.63, 3.8) is 0 Å². The molecule has 0 aromatic carbocycles. The van der Waals surface area contributed by atoms with Crippen LogP contribution in [0.15, 0.2) is 4.99 Å². The summed E-state index contributed by atoms with van der Waals surface area (Å²) in [6.07, 6.45) is 1.81. The van der Waals surface area contributed by atoms with Gasteiger partial charge in [-0.2, -0.15) is 0 Å². The molecular weight excluding hydrogens is 154 g/mol. The summed E-state index contributed by atoms with van der Waals surface area (Å²) in [5.74, 6) is 0.178. The number of rotatable bonds is 1. The Bertz CT molecular complexity index is 185. The highest BCUT2D eigenvalue weighted by atomic mass is 16.5. The van der Waals surface area contributed by atoms with Crippen LogP contribution in [0.3, 0.4) is 0 Å². The number of ether oxygens (including phenoxy) is 1. The van der Waals surface area contributed by atoms with Gasteiger partial charge in [0, 0.05) is 6.61 Å². The van der Waals surface area contributed by atoms with Crippen LogP contribution in [0.2, 0.25) is 0 Å². The maximum absolute atomic E-state index is 5.53. The van der Waals surface area contributed by atoms with E-state index in [1.807, 2.05) is 0 Å². The Balaban J connectivity index is 2.52. The standard InChI is InChI=1S/C8H17N3O/c1-8(2)5-6(3-4-12-8)11-7(9)10/h6H,3-5H2,1-2H3,(H4,9,10,11). The molecule has 1 saturated heterocycles. The van der Waals surface area contributed by atoms with Crippen LogP contribution in [0.4, 0.5) is 0 Å². The summed E-state index contributed by atoms with van der Waals surface area (Å²) >= 11 is 0. The van der Waals surface area contributed by atoms with Crippen LogP contribution >= 0.6 is 0 Å². The molecule has 4 heteroatoms. The van der Waals surface area contributed by atoms with E-state index < -0.39 is 0 Å². The number of hydrogen-bond acceptors (Lipinski definition) is 2. The molecule has 1 aliphatic rings. The van der Waals surface area contributed by atoms with Crippen molar-refractivity contribution < 1.29 is 4.74 Å². The van der Waals surface area contributed by atoms with Gasteiger partial charge in [-0.15, -0.1) is 0 Å². The highest BCUT2D eigenvalue weighted by molar-refractivity contribution is 5.75. The number of hydrogen-bond donors (Lipinski definition) is 2. The molecule has 12 heavy (non-hydrogen) atoms. The SMILES string of the molecule is CC1(C)CC(N=C(N)N)CCO1. The Morgan fingerprint density at radius 3 is 2.67 bits per heavy atom. The second-order valence-corrected chi connectivity index (χ2v) is 3.81. The topological polar surface area (TPSA) is 73.6 Å². The number of nitrogens with zero attached hydrogens (tertiary/aromatic N) is 1. The van der Waals surface area contributed by atoms with Gasteiger partial charge in [-0.3, -0.25) is 4.99 Å². The molecule has 0 bridgehead atoms. The highest BCUT2D eigenvalue weighted by Crippen LogP contribution is 2.25. The molecule has 1 heterocycles. The number of nitrogens with two attached hydrogens (primary N) is 2. The molecule has 0 radical (unpaired) electrons. The van der Waals surface area contributed by atoms with Gasteiger partial charge in [0.2, 0.25) is 0 Å². The van der Waals surface area contributed by atoms with Crippen molar-refractivity contribution in [2.24, 2.45) is 16.5 Å². The minimum atomic E-state index is -0.0815. The zero-order valence-electron chi connectivity index (χ0n) is 7.71. The third-order valence-electron chi connectivity index (χ3n) is 2.00. The summed E-state index contributed by atoms with van der Waals surface area (Å²) in [6.45, 7) is 4.86. The van der Waals surface area contributed by atoms with Crippen LogP contribution < -0.4 is 11.5 Å². The zero-order chi connectivity index (χ0) is 9.19. The third kappa shape index (κ3) is 2.70. The van der Waals surface area contributed by atoms with E-state index in [2.05, 4.69) is 18.8 Å². The fraction of sp³-hybridized carbons (Fsp3) is 0.875. The quantitative estimate of drug-likeness (QED) is 0.438. The maximum Gasteiger partial charge on any atom is 0.186 e.